The van der Waals surface area contributed by atoms with Gasteiger partial charge in [-0.1, -0.05) is 35.9 Å². The summed E-state index contributed by atoms with van der Waals surface area (Å²) in [6.07, 6.45) is 1.15. The van der Waals surface area contributed by atoms with Crippen LogP contribution >= 0.6 is 22.9 Å². The van der Waals surface area contributed by atoms with Crippen molar-refractivity contribution in [2.75, 3.05) is 32.1 Å². The van der Waals surface area contributed by atoms with E-state index in [0.717, 1.165) is 17.0 Å². The third kappa shape index (κ3) is 7.07. The van der Waals surface area contributed by atoms with Crippen LogP contribution in [0.15, 0.2) is 48.5 Å². The first-order chi connectivity index (χ1) is 18.6. The summed E-state index contributed by atoms with van der Waals surface area (Å²) in [6.45, 7) is -0.00478. The average molecular weight is 597 g/mol. The number of nitrogens with one attached hydrogen (secondary N) is 1. The van der Waals surface area contributed by atoms with E-state index in [1.807, 2.05) is 18.2 Å². The van der Waals surface area contributed by atoms with Crippen molar-refractivity contribution in [1.82, 2.24) is 4.31 Å². The highest BCUT2D eigenvalue weighted by molar-refractivity contribution is 7.88. The number of aliphatic carboxylic acids is 1. The molecular formula is C26H26ClFN2O7S2. The number of hydrogen-bond donors (Lipinski definition) is 2. The number of nitrogens with zero attached hydrogens (tertiary/aromatic N) is 1. The number of halogens is 2. The van der Waals surface area contributed by atoms with Gasteiger partial charge in [-0.2, -0.15) is 0 Å². The lowest BCUT2D eigenvalue weighted by Gasteiger charge is -2.32. The van der Waals surface area contributed by atoms with E-state index in [2.05, 4.69) is 5.32 Å². The average Bonchev–Trinajstić information content (AvgIpc) is 3.23. The number of carboxylic acid groups (broad SMARTS) is 1. The standard InChI is InChI=1S/C26H26ClFN2O7S2/c1-36-26(33)25-23(37-14-21(31)32)22(27)24(38-25)17-5-3-7-20(13-17)29-19-8-10-30(11-9-19)39(34,35)15-16-4-2-6-18(28)12-16/h2-7,12-13,19,29H,8-11,14-15H2,1H3,(H,31,32). The second kappa shape index (κ2) is 12.3. The summed E-state index contributed by atoms with van der Waals surface area (Å²) in [4.78, 5) is 23.8. The van der Waals surface area contributed by atoms with E-state index in [9.17, 15) is 22.4 Å². The molecule has 0 amide bonds. The number of carbonyl (C=O) groups excluding carboxylic acids is 1. The molecule has 0 spiro atoms. The van der Waals surface area contributed by atoms with Gasteiger partial charge >= 0.3 is 11.9 Å². The van der Waals surface area contributed by atoms with E-state index in [-0.39, 0.29) is 27.4 Å². The smallest absolute Gasteiger partial charge is 0.351 e. The summed E-state index contributed by atoms with van der Waals surface area (Å²) >= 11 is 7.53. The molecule has 2 N–H and O–H groups in total. The Morgan fingerprint density at radius 1 is 1.18 bits per heavy atom. The third-order valence-corrected chi connectivity index (χ3v) is 9.62. The Morgan fingerprint density at radius 3 is 2.56 bits per heavy atom. The van der Waals surface area contributed by atoms with Gasteiger partial charge in [0.2, 0.25) is 10.0 Å². The number of hydrogen-bond acceptors (Lipinski definition) is 8. The number of methoxy groups -OCH3 is 1. The Labute approximate surface area is 234 Å². The van der Waals surface area contributed by atoms with Crippen LogP contribution in [-0.2, 0) is 25.3 Å². The van der Waals surface area contributed by atoms with Crippen molar-refractivity contribution in [1.29, 1.82) is 0 Å². The number of anilines is 1. The minimum atomic E-state index is -3.58. The van der Waals surface area contributed by atoms with E-state index >= 15 is 0 Å². The molecule has 0 radical (unpaired) electrons. The fraction of sp³-hybridized carbons (Fsp3) is 0.308. The Bertz CT molecular complexity index is 1470. The monoisotopic (exact) mass is 596 g/mol. The van der Waals surface area contributed by atoms with Crippen molar-refractivity contribution in [2.24, 2.45) is 0 Å². The first kappa shape index (κ1) is 28.8. The minimum Gasteiger partial charge on any atom is -0.479 e. The van der Waals surface area contributed by atoms with Gasteiger partial charge in [-0.05, 0) is 48.2 Å². The van der Waals surface area contributed by atoms with Crippen LogP contribution in [0.2, 0.25) is 5.02 Å². The van der Waals surface area contributed by atoms with Crippen molar-refractivity contribution >= 4 is 50.6 Å². The molecule has 1 aliphatic rings. The molecule has 0 aliphatic carbocycles. The number of piperidine rings is 1. The Balaban J connectivity index is 1.44. The number of benzene rings is 2. The quantitative estimate of drug-likeness (QED) is 0.318. The highest BCUT2D eigenvalue weighted by atomic mass is 35.5. The lowest BCUT2D eigenvalue weighted by molar-refractivity contribution is -0.139. The van der Waals surface area contributed by atoms with Gasteiger partial charge in [0.15, 0.2) is 17.2 Å². The molecule has 0 unspecified atom stereocenters. The fourth-order valence-corrected chi connectivity index (χ4v) is 7.30. The second-order valence-electron chi connectivity index (χ2n) is 8.86. The summed E-state index contributed by atoms with van der Waals surface area (Å²) < 4.78 is 50.7. The molecule has 0 bridgehead atoms. The van der Waals surface area contributed by atoms with Crippen molar-refractivity contribution in [2.45, 2.75) is 24.6 Å². The molecule has 2 aromatic carbocycles. The maximum atomic E-state index is 13.5. The van der Waals surface area contributed by atoms with Gasteiger partial charge in [0, 0.05) is 24.8 Å². The molecule has 0 saturated carbocycles. The molecule has 2 heterocycles. The van der Waals surface area contributed by atoms with E-state index in [1.54, 1.807) is 12.1 Å². The third-order valence-electron chi connectivity index (χ3n) is 6.10. The topological polar surface area (TPSA) is 122 Å². The largest absolute Gasteiger partial charge is 0.479 e. The van der Waals surface area contributed by atoms with Crippen LogP contribution in [0.3, 0.4) is 0 Å². The van der Waals surface area contributed by atoms with Crippen molar-refractivity contribution < 1.29 is 37.0 Å². The molecule has 208 valence electrons. The summed E-state index contributed by atoms with van der Waals surface area (Å²) in [5.74, 6) is -2.67. The van der Waals surface area contributed by atoms with E-state index < -0.39 is 34.4 Å². The second-order valence-corrected chi connectivity index (χ2v) is 12.2. The molecule has 1 aliphatic heterocycles. The number of ether oxygens (including phenoxy) is 2. The van der Waals surface area contributed by atoms with Gasteiger partial charge in [0.05, 0.1) is 17.7 Å². The SMILES string of the molecule is COC(=O)c1sc(-c2cccc(NC3CCN(S(=O)(=O)Cc4cccc(F)c4)CC3)c2)c(Cl)c1OCC(=O)O. The van der Waals surface area contributed by atoms with Gasteiger partial charge in [-0.3, -0.25) is 0 Å². The first-order valence-corrected chi connectivity index (χ1v) is 14.7. The number of thiophene rings is 1. The van der Waals surface area contributed by atoms with Gasteiger partial charge in [0.25, 0.3) is 0 Å². The number of carbonyl (C=O) groups is 2. The number of rotatable bonds is 10. The Kier molecular flexibility index (Phi) is 9.11. The normalized spacial score (nSPS) is 14.6. The number of esters is 1. The molecular weight excluding hydrogens is 571 g/mol. The van der Waals surface area contributed by atoms with Crippen LogP contribution in [0.4, 0.5) is 10.1 Å². The highest BCUT2D eigenvalue weighted by Gasteiger charge is 2.29. The van der Waals surface area contributed by atoms with Gasteiger partial charge in [0.1, 0.15) is 10.8 Å². The fourth-order valence-electron chi connectivity index (χ4n) is 4.26. The van der Waals surface area contributed by atoms with Gasteiger partial charge in [-0.15, -0.1) is 11.3 Å². The highest BCUT2D eigenvalue weighted by Crippen LogP contribution is 2.46. The molecule has 39 heavy (non-hydrogen) atoms. The molecule has 0 atom stereocenters. The van der Waals surface area contributed by atoms with Crippen LogP contribution in [0.1, 0.15) is 28.1 Å². The molecule has 9 nitrogen and oxygen atoms in total. The van der Waals surface area contributed by atoms with Crippen LogP contribution in [-0.4, -0.2) is 62.6 Å². The van der Waals surface area contributed by atoms with Crippen LogP contribution in [0.5, 0.6) is 5.75 Å². The predicted octanol–water partition coefficient (Wildman–Crippen LogP) is 4.86. The van der Waals surface area contributed by atoms with Crippen molar-refractivity contribution in [3.05, 3.63) is 69.8 Å². The first-order valence-electron chi connectivity index (χ1n) is 11.9. The van der Waals surface area contributed by atoms with E-state index in [4.69, 9.17) is 26.2 Å². The lowest BCUT2D eigenvalue weighted by Crippen LogP contribution is -2.42. The van der Waals surface area contributed by atoms with Crippen molar-refractivity contribution in [3.63, 3.8) is 0 Å². The zero-order valence-electron chi connectivity index (χ0n) is 20.9. The summed E-state index contributed by atoms with van der Waals surface area (Å²) in [7, 11) is -2.37. The van der Waals surface area contributed by atoms with Crippen molar-refractivity contribution in [3.8, 4) is 16.2 Å². The zero-order chi connectivity index (χ0) is 28.2. The zero-order valence-corrected chi connectivity index (χ0v) is 23.2. The van der Waals surface area contributed by atoms with Gasteiger partial charge in [-0.25, -0.2) is 26.7 Å². The number of sulfonamides is 1. The summed E-state index contributed by atoms with van der Waals surface area (Å²) in [5, 5.41) is 12.5. The van der Waals surface area contributed by atoms with E-state index in [0.29, 0.717) is 41.9 Å². The van der Waals surface area contributed by atoms with Gasteiger partial charge < -0.3 is 19.9 Å². The molecule has 1 fully saturated rings. The summed E-state index contributed by atoms with van der Waals surface area (Å²) in [5.41, 5.74) is 1.86. The van der Waals surface area contributed by atoms with E-state index in [1.165, 1.54) is 29.6 Å². The maximum Gasteiger partial charge on any atom is 0.351 e. The lowest BCUT2D eigenvalue weighted by atomic mass is 10.1. The van der Waals surface area contributed by atoms with Crippen LogP contribution < -0.4 is 10.1 Å². The van der Waals surface area contributed by atoms with Crippen LogP contribution in [0.25, 0.3) is 10.4 Å². The molecule has 13 heteroatoms. The molecule has 4 rings (SSSR count). The maximum absolute atomic E-state index is 13.5. The molecule has 1 aromatic heterocycles. The molecule has 3 aromatic rings. The van der Waals surface area contributed by atoms with Crippen LogP contribution in [0, 0.1) is 5.82 Å². The predicted molar refractivity (Wildman–Crippen MR) is 146 cm³/mol. The molecule has 1 saturated heterocycles. The number of carboxylic acids is 1. The summed E-state index contributed by atoms with van der Waals surface area (Å²) in [6, 6.07) is 12.9. The Morgan fingerprint density at radius 2 is 1.90 bits per heavy atom. The Hall–Kier alpha value is -3.19. The minimum absolute atomic E-state index is 0.0137.